The molecule has 3 aromatic rings. The van der Waals surface area contributed by atoms with Crippen LogP contribution in [0.25, 0.3) is 10.9 Å². The molecule has 3 N–H and O–H groups in total. The van der Waals surface area contributed by atoms with Crippen molar-refractivity contribution in [2.75, 3.05) is 7.11 Å². The fourth-order valence-corrected chi connectivity index (χ4v) is 3.22. The van der Waals surface area contributed by atoms with Gasteiger partial charge in [0.2, 0.25) is 5.88 Å². The van der Waals surface area contributed by atoms with Gasteiger partial charge in [0.1, 0.15) is 5.56 Å². The molecular formula is C21H24N4O5. The first kappa shape index (κ1) is 21.1. The second kappa shape index (κ2) is 9.25. The lowest BCUT2D eigenvalue weighted by molar-refractivity contribution is -0.142. The largest absolute Gasteiger partial charge is 0.494 e. The van der Waals surface area contributed by atoms with Gasteiger partial charge in [0.15, 0.2) is 6.04 Å². The highest BCUT2D eigenvalue weighted by Crippen LogP contribution is 2.20. The van der Waals surface area contributed by atoms with Crippen molar-refractivity contribution in [1.82, 2.24) is 14.5 Å². The molecule has 158 valence electrons. The maximum atomic E-state index is 12.3. The Balaban J connectivity index is 1.95. The molecule has 0 aliphatic heterocycles. The summed E-state index contributed by atoms with van der Waals surface area (Å²) in [6, 6.07) is 6.73. The van der Waals surface area contributed by atoms with Gasteiger partial charge in [0, 0.05) is 36.3 Å². The second-order valence-electron chi connectivity index (χ2n) is 6.88. The van der Waals surface area contributed by atoms with Gasteiger partial charge in [-0.05, 0) is 18.1 Å². The number of aliphatic imine (C=N–C) groups is 1. The molecule has 1 aromatic carbocycles. The number of aromatic amines is 2. The standard InChI is InChI=1S/C21H24N4O5/c1-3-4-9-25-19(27)15(18(26)24-21(25)29)12-23-17(20(28)30-2)10-13-11-22-16-8-6-5-7-14(13)16/h5-8,11-12,17,22,27H,3-4,9-10H2,1-2H3,(H,24,26,29). The van der Waals surface area contributed by atoms with E-state index in [9.17, 15) is 19.5 Å². The number of H-pyrrole nitrogens is 2. The number of nitrogens with zero attached hydrogens (tertiary/aromatic N) is 2. The molecule has 9 nitrogen and oxygen atoms in total. The summed E-state index contributed by atoms with van der Waals surface area (Å²) in [5.74, 6) is -1.05. The number of aromatic nitrogens is 3. The summed E-state index contributed by atoms with van der Waals surface area (Å²) in [6.45, 7) is 2.20. The number of fused-ring (bicyclic) bond motifs is 1. The molecule has 2 heterocycles. The van der Waals surface area contributed by atoms with Gasteiger partial charge < -0.3 is 14.8 Å². The maximum Gasteiger partial charge on any atom is 0.331 e. The SMILES string of the molecule is CCCCn1c(O)c(C=NC(Cc2c[nH]c3ccccc23)C(=O)OC)c(=O)[nH]c1=O. The molecule has 1 unspecified atom stereocenters. The fourth-order valence-electron chi connectivity index (χ4n) is 3.22. The van der Waals surface area contributed by atoms with E-state index in [2.05, 4.69) is 15.0 Å². The van der Waals surface area contributed by atoms with Crippen LogP contribution in [-0.4, -0.2) is 45.0 Å². The fraction of sp³-hybridized carbons (Fsp3) is 0.333. The van der Waals surface area contributed by atoms with Crippen molar-refractivity contribution in [1.29, 1.82) is 0 Å². The van der Waals surface area contributed by atoms with Crippen LogP contribution in [0.1, 0.15) is 30.9 Å². The number of ether oxygens (including phenoxy) is 1. The average molecular weight is 412 g/mol. The Labute approximate surface area is 172 Å². The lowest BCUT2D eigenvalue weighted by Crippen LogP contribution is -2.32. The van der Waals surface area contributed by atoms with E-state index < -0.39 is 29.1 Å². The van der Waals surface area contributed by atoms with Crippen molar-refractivity contribution in [2.45, 2.75) is 38.8 Å². The number of hydrogen-bond donors (Lipinski definition) is 3. The van der Waals surface area contributed by atoms with Gasteiger partial charge in [0.05, 0.1) is 7.11 Å². The Hall–Kier alpha value is -3.62. The number of esters is 1. The van der Waals surface area contributed by atoms with E-state index in [0.717, 1.165) is 33.7 Å². The Kier molecular flexibility index (Phi) is 6.51. The molecule has 0 bridgehead atoms. The highest BCUT2D eigenvalue weighted by atomic mass is 16.5. The van der Waals surface area contributed by atoms with Crippen LogP contribution < -0.4 is 11.2 Å². The first-order valence-electron chi connectivity index (χ1n) is 9.68. The molecule has 30 heavy (non-hydrogen) atoms. The molecule has 0 spiro atoms. The summed E-state index contributed by atoms with van der Waals surface area (Å²) in [5, 5.41) is 11.4. The summed E-state index contributed by atoms with van der Waals surface area (Å²) in [4.78, 5) is 46.0. The van der Waals surface area contributed by atoms with Crippen LogP contribution in [0.2, 0.25) is 0 Å². The number of methoxy groups -OCH3 is 1. The van der Waals surface area contributed by atoms with Crippen LogP contribution in [-0.2, 0) is 22.5 Å². The minimum absolute atomic E-state index is 0.182. The molecule has 1 atom stereocenters. The van der Waals surface area contributed by atoms with Crippen LogP contribution in [0, 0.1) is 0 Å². The van der Waals surface area contributed by atoms with E-state index in [1.165, 1.54) is 7.11 Å². The van der Waals surface area contributed by atoms with Gasteiger partial charge in [-0.2, -0.15) is 0 Å². The number of benzene rings is 1. The predicted molar refractivity (Wildman–Crippen MR) is 113 cm³/mol. The monoisotopic (exact) mass is 412 g/mol. The van der Waals surface area contributed by atoms with Gasteiger partial charge in [-0.15, -0.1) is 0 Å². The zero-order chi connectivity index (χ0) is 21.7. The van der Waals surface area contributed by atoms with Crippen molar-refractivity contribution < 1.29 is 14.6 Å². The van der Waals surface area contributed by atoms with E-state index >= 15 is 0 Å². The molecule has 0 aliphatic carbocycles. The molecule has 0 saturated heterocycles. The number of carbonyl (C=O) groups is 1. The first-order chi connectivity index (χ1) is 14.5. The summed E-state index contributed by atoms with van der Waals surface area (Å²) in [6.07, 6.45) is 4.62. The van der Waals surface area contributed by atoms with E-state index in [-0.39, 0.29) is 18.5 Å². The Morgan fingerprint density at radius 3 is 2.83 bits per heavy atom. The third-order valence-electron chi connectivity index (χ3n) is 4.89. The lowest BCUT2D eigenvalue weighted by Gasteiger charge is -2.11. The highest BCUT2D eigenvalue weighted by molar-refractivity contribution is 5.87. The molecule has 0 radical (unpaired) electrons. The number of nitrogens with one attached hydrogen (secondary N) is 2. The summed E-state index contributed by atoms with van der Waals surface area (Å²) in [7, 11) is 1.26. The smallest absolute Gasteiger partial charge is 0.331 e. The number of unbranched alkanes of at least 4 members (excludes halogenated alkanes) is 1. The first-order valence-corrected chi connectivity index (χ1v) is 9.68. The maximum absolute atomic E-state index is 12.3. The normalized spacial score (nSPS) is 12.5. The molecule has 3 rings (SSSR count). The Bertz CT molecular complexity index is 1190. The summed E-state index contributed by atoms with van der Waals surface area (Å²) in [5.41, 5.74) is 0.149. The Morgan fingerprint density at radius 1 is 1.33 bits per heavy atom. The molecule has 0 saturated carbocycles. The quantitative estimate of drug-likeness (QED) is 0.383. The molecular weight excluding hydrogens is 388 g/mol. The predicted octanol–water partition coefficient (Wildman–Crippen LogP) is 1.73. The number of carbonyl (C=O) groups excluding carboxylic acids is 1. The van der Waals surface area contributed by atoms with Gasteiger partial charge in [-0.25, -0.2) is 9.59 Å². The van der Waals surface area contributed by atoms with Crippen molar-refractivity contribution in [3.63, 3.8) is 0 Å². The van der Waals surface area contributed by atoms with Crippen molar-refractivity contribution in [3.8, 4) is 5.88 Å². The summed E-state index contributed by atoms with van der Waals surface area (Å²) >= 11 is 0. The van der Waals surface area contributed by atoms with E-state index in [0.29, 0.717) is 6.42 Å². The molecule has 9 heteroatoms. The average Bonchev–Trinajstić information content (AvgIpc) is 3.14. The molecule has 0 amide bonds. The van der Waals surface area contributed by atoms with Crippen LogP contribution in [0.4, 0.5) is 0 Å². The van der Waals surface area contributed by atoms with Gasteiger partial charge in [0.25, 0.3) is 5.56 Å². The molecule has 2 aromatic heterocycles. The van der Waals surface area contributed by atoms with E-state index in [1.807, 2.05) is 31.2 Å². The number of hydrogen-bond acceptors (Lipinski definition) is 6. The van der Waals surface area contributed by atoms with E-state index in [1.54, 1.807) is 6.20 Å². The van der Waals surface area contributed by atoms with E-state index in [4.69, 9.17) is 4.74 Å². The van der Waals surface area contributed by atoms with Crippen LogP contribution in [0.5, 0.6) is 5.88 Å². The van der Waals surface area contributed by atoms with Crippen LogP contribution >= 0.6 is 0 Å². The zero-order valence-electron chi connectivity index (χ0n) is 16.8. The van der Waals surface area contributed by atoms with Gasteiger partial charge >= 0.3 is 11.7 Å². The van der Waals surface area contributed by atoms with Crippen molar-refractivity contribution in [3.05, 3.63) is 62.4 Å². The zero-order valence-corrected chi connectivity index (χ0v) is 16.8. The molecule has 0 fully saturated rings. The summed E-state index contributed by atoms with van der Waals surface area (Å²) < 4.78 is 5.93. The van der Waals surface area contributed by atoms with Crippen molar-refractivity contribution in [2.24, 2.45) is 4.99 Å². The topological polar surface area (TPSA) is 130 Å². The number of aromatic hydroxyl groups is 1. The van der Waals surface area contributed by atoms with Gasteiger partial charge in [-0.3, -0.25) is 19.3 Å². The van der Waals surface area contributed by atoms with Crippen molar-refractivity contribution >= 4 is 23.1 Å². The lowest BCUT2D eigenvalue weighted by atomic mass is 10.1. The van der Waals surface area contributed by atoms with Crippen LogP contribution in [0.15, 0.2) is 45.0 Å². The van der Waals surface area contributed by atoms with Gasteiger partial charge in [-0.1, -0.05) is 31.5 Å². The van der Waals surface area contributed by atoms with Crippen LogP contribution in [0.3, 0.4) is 0 Å². The number of rotatable bonds is 8. The number of para-hydroxylation sites is 1. The second-order valence-corrected chi connectivity index (χ2v) is 6.88. The minimum atomic E-state index is -0.927. The highest BCUT2D eigenvalue weighted by Gasteiger charge is 2.21. The third-order valence-corrected chi connectivity index (χ3v) is 4.89. The third kappa shape index (κ3) is 4.35. The minimum Gasteiger partial charge on any atom is -0.494 e. The molecule has 0 aliphatic rings. The Morgan fingerprint density at radius 2 is 2.10 bits per heavy atom.